The van der Waals surface area contributed by atoms with Crippen molar-refractivity contribution in [3.63, 3.8) is 0 Å². The number of hydrogen-bond acceptors (Lipinski definition) is 2. The second-order valence-electron chi connectivity index (χ2n) is 4.68. The van der Waals surface area contributed by atoms with Gasteiger partial charge in [-0.2, -0.15) is 0 Å². The van der Waals surface area contributed by atoms with Crippen LogP contribution in [0.2, 0.25) is 5.02 Å². The molecule has 0 saturated carbocycles. The lowest BCUT2D eigenvalue weighted by Gasteiger charge is -2.16. The van der Waals surface area contributed by atoms with E-state index in [9.17, 15) is 0 Å². The Kier molecular flexibility index (Phi) is 3.76. The number of fused-ring (bicyclic) bond motifs is 1. The minimum atomic E-state index is 0.542. The van der Waals surface area contributed by atoms with E-state index in [2.05, 4.69) is 33.0 Å². The zero-order valence-electron chi connectivity index (χ0n) is 10.3. The zero-order valence-corrected chi connectivity index (χ0v) is 12.7. The number of aromatic nitrogens is 1. The molecule has 0 fully saturated rings. The largest absolute Gasteiger partial charge is 0.438 e. The van der Waals surface area contributed by atoms with Gasteiger partial charge in [0, 0.05) is 6.20 Å². The molecule has 0 spiro atoms. The van der Waals surface area contributed by atoms with Crippen LogP contribution in [0.25, 0.3) is 0 Å². The second-order valence-corrected chi connectivity index (χ2v) is 5.97. The Hall–Kier alpha value is -1.06. The number of halogens is 2. The minimum absolute atomic E-state index is 0.542. The van der Waals surface area contributed by atoms with Crippen LogP contribution in [0, 0.1) is 0 Å². The number of ether oxygens (including phenoxy) is 1. The van der Waals surface area contributed by atoms with Crippen molar-refractivity contribution in [1.29, 1.82) is 0 Å². The van der Waals surface area contributed by atoms with Gasteiger partial charge in [0.1, 0.15) is 5.75 Å². The number of benzene rings is 1. The highest BCUT2D eigenvalue weighted by Crippen LogP contribution is 2.31. The van der Waals surface area contributed by atoms with Crippen molar-refractivity contribution >= 4 is 27.5 Å². The van der Waals surface area contributed by atoms with E-state index in [1.807, 2.05) is 6.07 Å². The SMILES string of the molecule is Clc1cnc(Oc2ccc3c(c2)CCCC3)c(Br)c1. The molecular weight excluding hydrogens is 326 g/mol. The first-order valence-corrected chi connectivity index (χ1v) is 7.50. The molecule has 0 atom stereocenters. The highest BCUT2D eigenvalue weighted by atomic mass is 79.9. The van der Waals surface area contributed by atoms with Gasteiger partial charge in [-0.1, -0.05) is 17.7 Å². The maximum atomic E-state index is 5.87. The van der Waals surface area contributed by atoms with Crippen molar-refractivity contribution in [2.45, 2.75) is 25.7 Å². The van der Waals surface area contributed by atoms with Crippen molar-refractivity contribution in [3.05, 3.63) is 51.1 Å². The summed E-state index contributed by atoms with van der Waals surface area (Å²) in [6, 6.07) is 8.07. The molecule has 19 heavy (non-hydrogen) atoms. The van der Waals surface area contributed by atoms with Crippen LogP contribution in [0.5, 0.6) is 11.6 Å². The van der Waals surface area contributed by atoms with Crippen molar-refractivity contribution in [1.82, 2.24) is 4.98 Å². The first-order valence-electron chi connectivity index (χ1n) is 6.33. The topological polar surface area (TPSA) is 22.1 Å². The van der Waals surface area contributed by atoms with Crippen LogP contribution in [0.4, 0.5) is 0 Å². The van der Waals surface area contributed by atoms with Gasteiger partial charge in [0.05, 0.1) is 9.50 Å². The number of hydrogen-bond donors (Lipinski definition) is 0. The predicted molar refractivity (Wildman–Crippen MR) is 80.1 cm³/mol. The van der Waals surface area contributed by atoms with Gasteiger partial charge >= 0.3 is 0 Å². The first kappa shape index (κ1) is 12.9. The summed E-state index contributed by atoms with van der Waals surface area (Å²) in [6.07, 6.45) is 6.46. The Morgan fingerprint density at radius 2 is 1.89 bits per heavy atom. The van der Waals surface area contributed by atoms with Crippen LogP contribution < -0.4 is 4.74 Å². The molecule has 0 radical (unpaired) electrons. The molecule has 4 heteroatoms. The Bertz CT molecular complexity index is 615. The summed E-state index contributed by atoms with van der Waals surface area (Å²) in [6.45, 7) is 0. The van der Waals surface area contributed by atoms with Crippen LogP contribution in [0.15, 0.2) is 34.9 Å². The monoisotopic (exact) mass is 337 g/mol. The third-order valence-electron chi connectivity index (χ3n) is 3.31. The molecule has 1 aliphatic rings. The summed E-state index contributed by atoms with van der Waals surface area (Å²) in [7, 11) is 0. The molecule has 0 aliphatic heterocycles. The van der Waals surface area contributed by atoms with Crippen LogP contribution >= 0.6 is 27.5 Å². The molecule has 2 aromatic rings. The fourth-order valence-electron chi connectivity index (χ4n) is 2.36. The lowest BCUT2D eigenvalue weighted by atomic mass is 9.92. The van der Waals surface area contributed by atoms with E-state index >= 15 is 0 Å². The minimum Gasteiger partial charge on any atom is -0.438 e. The average Bonchev–Trinajstić information content (AvgIpc) is 2.42. The Labute approximate surface area is 125 Å². The summed E-state index contributed by atoms with van der Waals surface area (Å²) in [5, 5.41) is 0.588. The lowest BCUT2D eigenvalue weighted by Crippen LogP contribution is -2.02. The molecule has 0 amide bonds. The number of nitrogens with zero attached hydrogens (tertiary/aromatic N) is 1. The maximum absolute atomic E-state index is 5.87. The number of rotatable bonds is 2. The predicted octanol–water partition coefficient (Wildman–Crippen LogP) is 5.17. The molecule has 0 saturated heterocycles. The van der Waals surface area contributed by atoms with Gasteiger partial charge in [-0.25, -0.2) is 4.98 Å². The van der Waals surface area contributed by atoms with E-state index in [-0.39, 0.29) is 0 Å². The summed E-state index contributed by atoms with van der Waals surface area (Å²) < 4.78 is 6.58. The molecular formula is C15H13BrClNO. The van der Waals surface area contributed by atoms with Gasteiger partial charge in [-0.05, 0) is 70.9 Å². The third kappa shape index (κ3) is 2.93. The highest BCUT2D eigenvalue weighted by Gasteiger charge is 2.11. The quantitative estimate of drug-likeness (QED) is 0.753. The highest BCUT2D eigenvalue weighted by molar-refractivity contribution is 9.10. The van der Waals surface area contributed by atoms with E-state index in [1.165, 1.54) is 30.4 Å². The van der Waals surface area contributed by atoms with Crippen molar-refractivity contribution in [2.75, 3.05) is 0 Å². The summed E-state index contributed by atoms with van der Waals surface area (Å²) in [5.41, 5.74) is 2.84. The second kappa shape index (κ2) is 5.51. The molecule has 3 rings (SSSR count). The van der Waals surface area contributed by atoms with Gasteiger partial charge in [-0.3, -0.25) is 0 Å². The molecule has 1 aliphatic carbocycles. The van der Waals surface area contributed by atoms with E-state index in [1.54, 1.807) is 12.3 Å². The van der Waals surface area contributed by atoms with Gasteiger partial charge in [-0.15, -0.1) is 0 Å². The van der Waals surface area contributed by atoms with Crippen molar-refractivity contribution in [3.8, 4) is 11.6 Å². The normalized spacial score (nSPS) is 14.0. The van der Waals surface area contributed by atoms with E-state index in [0.29, 0.717) is 10.9 Å². The molecule has 0 bridgehead atoms. The maximum Gasteiger partial charge on any atom is 0.233 e. The number of pyridine rings is 1. The van der Waals surface area contributed by atoms with Gasteiger partial charge in [0.25, 0.3) is 0 Å². The van der Waals surface area contributed by atoms with Gasteiger partial charge < -0.3 is 4.74 Å². The molecule has 98 valence electrons. The molecule has 0 unspecified atom stereocenters. The molecule has 1 aromatic carbocycles. The van der Waals surface area contributed by atoms with Gasteiger partial charge in [0.2, 0.25) is 5.88 Å². The average molecular weight is 339 g/mol. The smallest absolute Gasteiger partial charge is 0.233 e. The molecule has 2 nitrogen and oxygen atoms in total. The molecule has 0 N–H and O–H groups in total. The summed E-state index contributed by atoms with van der Waals surface area (Å²) in [4.78, 5) is 4.18. The zero-order chi connectivity index (χ0) is 13.2. The van der Waals surface area contributed by atoms with Crippen LogP contribution in [0.3, 0.4) is 0 Å². The summed E-state index contributed by atoms with van der Waals surface area (Å²) >= 11 is 9.27. The standard InChI is InChI=1S/C15H13BrClNO/c16-14-8-12(17)9-18-15(14)19-13-6-5-10-3-1-2-4-11(10)7-13/h5-9H,1-4H2. The first-order chi connectivity index (χ1) is 9.22. The fraction of sp³-hybridized carbons (Fsp3) is 0.267. The van der Waals surface area contributed by atoms with Gasteiger partial charge in [0.15, 0.2) is 0 Å². The molecule has 1 aromatic heterocycles. The Balaban J connectivity index is 1.87. The summed E-state index contributed by atoms with van der Waals surface area (Å²) in [5.74, 6) is 1.37. The van der Waals surface area contributed by atoms with Crippen LogP contribution in [0.1, 0.15) is 24.0 Å². The molecule has 1 heterocycles. The van der Waals surface area contributed by atoms with Crippen LogP contribution in [-0.2, 0) is 12.8 Å². The van der Waals surface area contributed by atoms with E-state index < -0.39 is 0 Å². The van der Waals surface area contributed by atoms with E-state index in [4.69, 9.17) is 16.3 Å². The fourth-order valence-corrected chi connectivity index (χ4v) is 3.08. The van der Waals surface area contributed by atoms with Crippen molar-refractivity contribution < 1.29 is 4.74 Å². The van der Waals surface area contributed by atoms with Crippen molar-refractivity contribution in [2.24, 2.45) is 0 Å². The lowest BCUT2D eigenvalue weighted by molar-refractivity contribution is 0.458. The third-order valence-corrected chi connectivity index (χ3v) is 4.08. The van der Waals surface area contributed by atoms with Crippen LogP contribution in [-0.4, -0.2) is 4.98 Å². The Morgan fingerprint density at radius 3 is 2.68 bits per heavy atom. The number of aryl methyl sites for hydroxylation is 2. The van der Waals surface area contributed by atoms with E-state index in [0.717, 1.165) is 16.6 Å². The Morgan fingerprint density at radius 1 is 1.11 bits per heavy atom.